The zero-order chi connectivity index (χ0) is 15.5. The second-order valence-electron chi connectivity index (χ2n) is 9.11. The van der Waals surface area contributed by atoms with E-state index >= 15 is 0 Å². The quantitative estimate of drug-likeness (QED) is 0.698. The summed E-state index contributed by atoms with van der Waals surface area (Å²) < 4.78 is 0. The van der Waals surface area contributed by atoms with Gasteiger partial charge in [-0.3, -0.25) is 0 Å². The van der Waals surface area contributed by atoms with Crippen LogP contribution in [0.25, 0.3) is 0 Å². The number of aliphatic hydroxyl groups excluding tert-OH is 3. The molecule has 0 aromatic heterocycles. The van der Waals surface area contributed by atoms with Gasteiger partial charge >= 0.3 is 0 Å². The molecule has 0 saturated heterocycles. The van der Waals surface area contributed by atoms with E-state index in [0.29, 0.717) is 30.3 Å². The fourth-order valence-electron chi connectivity index (χ4n) is 7.31. The van der Waals surface area contributed by atoms with E-state index in [1.54, 1.807) is 0 Å². The highest BCUT2D eigenvalue weighted by Gasteiger charge is 2.61. The van der Waals surface area contributed by atoms with Crippen molar-refractivity contribution >= 4 is 0 Å². The van der Waals surface area contributed by atoms with Gasteiger partial charge in [0, 0.05) is 6.61 Å². The number of fused-ring (bicyclic) bond motifs is 5. The number of rotatable bonds is 1. The van der Waals surface area contributed by atoms with Crippen molar-refractivity contribution < 1.29 is 15.3 Å². The van der Waals surface area contributed by atoms with Crippen molar-refractivity contribution in [3.8, 4) is 0 Å². The Kier molecular flexibility index (Phi) is 3.63. The van der Waals surface area contributed by atoms with Gasteiger partial charge in [0.05, 0.1) is 12.2 Å². The molecule has 0 aromatic carbocycles. The maximum Gasteiger partial charge on any atom is 0.0596 e. The molecule has 0 radical (unpaired) electrons. The van der Waals surface area contributed by atoms with Crippen molar-refractivity contribution in [2.45, 2.75) is 76.9 Å². The second kappa shape index (κ2) is 5.19. The molecule has 4 aliphatic carbocycles. The Morgan fingerprint density at radius 2 is 1.73 bits per heavy atom. The molecule has 3 N–H and O–H groups in total. The fourth-order valence-corrected chi connectivity index (χ4v) is 7.31. The van der Waals surface area contributed by atoms with Crippen molar-refractivity contribution in [3.63, 3.8) is 0 Å². The lowest BCUT2D eigenvalue weighted by molar-refractivity contribution is -0.158. The summed E-state index contributed by atoms with van der Waals surface area (Å²) in [6.07, 6.45) is 9.35. The van der Waals surface area contributed by atoms with Gasteiger partial charge in [0.1, 0.15) is 0 Å². The van der Waals surface area contributed by atoms with Crippen LogP contribution in [0.1, 0.15) is 64.7 Å². The van der Waals surface area contributed by atoms with E-state index in [-0.39, 0.29) is 23.0 Å². The number of aliphatic hydroxyl groups is 3. The maximum atomic E-state index is 10.5. The van der Waals surface area contributed by atoms with E-state index in [9.17, 15) is 15.3 Å². The van der Waals surface area contributed by atoms with Gasteiger partial charge in [-0.05, 0) is 92.3 Å². The minimum atomic E-state index is -0.150. The third-order valence-electron chi connectivity index (χ3n) is 8.58. The summed E-state index contributed by atoms with van der Waals surface area (Å²) in [5, 5.41) is 30.9. The average Bonchev–Trinajstić information content (AvgIpc) is 2.82. The van der Waals surface area contributed by atoms with Crippen LogP contribution in [0, 0.1) is 34.5 Å². The molecule has 126 valence electrons. The van der Waals surface area contributed by atoms with Gasteiger partial charge in [-0.15, -0.1) is 0 Å². The maximum absolute atomic E-state index is 10.5. The van der Waals surface area contributed by atoms with E-state index in [0.717, 1.165) is 32.1 Å². The van der Waals surface area contributed by atoms with Gasteiger partial charge in [-0.25, -0.2) is 0 Å². The molecule has 0 bridgehead atoms. The van der Waals surface area contributed by atoms with Gasteiger partial charge < -0.3 is 15.3 Å². The van der Waals surface area contributed by atoms with E-state index in [1.807, 2.05) is 0 Å². The van der Waals surface area contributed by atoms with Crippen molar-refractivity contribution in [2.75, 3.05) is 6.61 Å². The van der Waals surface area contributed by atoms with E-state index < -0.39 is 0 Å². The third kappa shape index (κ3) is 1.91. The molecule has 0 heterocycles. The summed E-state index contributed by atoms with van der Waals surface area (Å²) in [5.74, 6) is 2.47. The lowest BCUT2D eigenvalue weighted by Gasteiger charge is -2.61. The van der Waals surface area contributed by atoms with E-state index in [4.69, 9.17) is 0 Å². The van der Waals surface area contributed by atoms with Crippen molar-refractivity contribution in [2.24, 2.45) is 34.5 Å². The molecule has 0 unspecified atom stereocenters. The molecule has 0 amide bonds. The highest BCUT2D eigenvalue weighted by molar-refractivity contribution is 5.10. The normalized spacial score (nSPS) is 57.8. The molecular weight excluding hydrogens is 276 g/mol. The molecule has 4 rings (SSSR count). The first-order valence-corrected chi connectivity index (χ1v) is 9.48. The molecular formula is C19H32O3. The highest BCUT2D eigenvalue weighted by atomic mass is 16.3. The molecule has 0 aliphatic heterocycles. The first kappa shape index (κ1) is 15.4. The van der Waals surface area contributed by atoms with Gasteiger partial charge in [-0.2, -0.15) is 0 Å². The van der Waals surface area contributed by atoms with Gasteiger partial charge in [0.2, 0.25) is 0 Å². The van der Waals surface area contributed by atoms with Crippen LogP contribution < -0.4 is 0 Å². The lowest BCUT2D eigenvalue weighted by Crippen LogP contribution is -2.57. The fraction of sp³-hybridized carbons (Fsp3) is 1.00. The topological polar surface area (TPSA) is 60.7 Å². The summed E-state index contributed by atoms with van der Waals surface area (Å²) in [4.78, 5) is 0. The lowest BCUT2D eigenvalue weighted by atomic mass is 9.44. The Hall–Kier alpha value is -0.120. The predicted octanol–water partition coefficient (Wildman–Crippen LogP) is 2.72. The standard InChI is InChI=1S/C19H32O3/c1-18-8-7-16-14(15(18)4-5-17(18)22)3-2-12-10-13(21)6-9-19(12,16)11-20/h12-17,20-22H,2-11H2,1H3/t12-,13+,14+,15+,16+,17+,18+,19-/m1/s1. The predicted molar refractivity (Wildman–Crippen MR) is 85.2 cm³/mol. The molecule has 4 saturated carbocycles. The smallest absolute Gasteiger partial charge is 0.0596 e. The van der Waals surface area contributed by atoms with Crippen LogP contribution in [0.2, 0.25) is 0 Å². The number of hydrogen-bond acceptors (Lipinski definition) is 3. The number of hydrogen-bond donors (Lipinski definition) is 3. The summed E-state index contributed by atoms with van der Waals surface area (Å²) in [6, 6.07) is 0. The molecule has 8 atom stereocenters. The molecule has 4 fully saturated rings. The van der Waals surface area contributed by atoms with Crippen LogP contribution >= 0.6 is 0 Å². The van der Waals surface area contributed by atoms with Gasteiger partial charge in [0.25, 0.3) is 0 Å². The van der Waals surface area contributed by atoms with Crippen LogP contribution in [0.3, 0.4) is 0 Å². The zero-order valence-electron chi connectivity index (χ0n) is 13.9. The molecule has 3 nitrogen and oxygen atoms in total. The largest absolute Gasteiger partial charge is 0.396 e. The van der Waals surface area contributed by atoms with Crippen LogP contribution in [-0.2, 0) is 0 Å². The van der Waals surface area contributed by atoms with Crippen molar-refractivity contribution in [1.29, 1.82) is 0 Å². The first-order valence-electron chi connectivity index (χ1n) is 9.48. The van der Waals surface area contributed by atoms with Crippen LogP contribution in [-0.4, -0.2) is 34.1 Å². The third-order valence-corrected chi connectivity index (χ3v) is 8.58. The molecule has 4 aliphatic rings. The summed E-state index contributed by atoms with van der Waals surface area (Å²) in [5.41, 5.74) is 0.190. The van der Waals surface area contributed by atoms with Gasteiger partial charge in [0.15, 0.2) is 0 Å². The SMILES string of the molecule is C[C@]12CC[C@H]3[C@@H](CC[C@@H]4C[C@@H](O)CC[C@@]43CO)[C@@H]1CC[C@@H]2O. The Morgan fingerprint density at radius 3 is 2.50 bits per heavy atom. The Morgan fingerprint density at radius 1 is 0.909 bits per heavy atom. The average molecular weight is 308 g/mol. The van der Waals surface area contributed by atoms with Gasteiger partial charge in [-0.1, -0.05) is 6.92 Å². The molecule has 0 spiro atoms. The minimum absolute atomic E-state index is 0.0665. The van der Waals surface area contributed by atoms with E-state index in [2.05, 4.69) is 6.92 Å². The van der Waals surface area contributed by atoms with Crippen LogP contribution in [0.15, 0.2) is 0 Å². The Balaban J connectivity index is 1.65. The second-order valence-corrected chi connectivity index (χ2v) is 9.11. The molecule has 22 heavy (non-hydrogen) atoms. The highest BCUT2D eigenvalue weighted by Crippen LogP contribution is 2.66. The summed E-state index contributed by atoms with van der Waals surface area (Å²) in [6.45, 7) is 2.62. The van der Waals surface area contributed by atoms with Crippen LogP contribution in [0.5, 0.6) is 0 Å². The first-order chi connectivity index (χ1) is 10.5. The molecule has 0 aromatic rings. The monoisotopic (exact) mass is 308 g/mol. The van der Waals surface area contributed by atoms with Crippen molar-refractivity contribution in [1.82, 2.24) is 0 Å². The minimum Gasteiger partial charge on any atom is -0.396 e. The van der Waals surface area contributed by atoms with E-state index in [1.165, 1.54) is 25.7 Å². The molecule has 3 heteroatoms. The summed E-state index contributed by atoms with van der Waals surface area (Å²) >= 11 is 0. The zero-order valence-corrected chi connectivity index (χ0v) is 13.9. The van der Waals surface area contributed by atoms with Crippen LogP contribution in [0.4, 0.5) is 0 Å². The Labute approximate surface area is 134 Å². The Bertz CT molecular complexity index is 438. The summed E-state index contributed by atoms with van der Waals surface area (Å²) in [7, 11) is 0. The van der Waals surface area contributed by atoms with Crippen molar-refractivity contribution in [3.05, 3.63) is 0 Å².